The Balaban J connectivity index is 2.39. The van der Waals surface area contributed by atoms with Crippen molar-refractivity contribution in [1.29, 1.82) is 0 Å². The van der Waals surface area contributed by atoms with Gasteiger partial charge in [0.15, 0.2) is 0 Å². The summed E-state index contributed by atoms with van der Waals surface area (Å²) in [7, 11) is 0. The highest BCUT2D eigenvalue weighted by atomic mass is 16.5. The van der Waals surface area contributed by atoms with Gasteiger partial charge in [0, 0.05) is 6.61 Å². The number of aliphatic hydroxyl groups is 1. The molecule has 1 heterocycles. The molecule has 0 aromatic carbocycles. The summed E-state index contributed by atoms with van der Waals surface area (Å²) in [4.78, 5) is 0. The van der Waals surface area contributed by atoms with Crippen LogP contribution in [-0.4, -0.2) is 23.9 Å². The minimum Gasteiger partial charge on any atom is -0.390 e. The molecule has 1 saturated heterocycles. The summed E-state index contributed by atoms with van der Waals surface area (Å²) in [5.74, 6) is 0. The minimum absolute atomic E-state index is 0.143. The molecule has 2 nitrogen and oxygen atoms in total. The third kappa shape index (κ3) is 2.64. The summed E-state index contributed by atoms with van der Waals surface area (Å²) in [5.41, 5.74) is 0. The second kappa shape index (κ2) is 4.52. The normalized spacial score (nSPS) is 33.9. The molecule has 0 aromatic rings. The summed E-state index contributed by atoms with van der Waals surface area (Å²) in [5, 5.41) is 9.48. The van der Waals surface area contributed by atoms with Crippen LogP contribution in [0.15, 0.2) is 12.7 Å². The van der Waals surface area contributed by atoms with Crippen molar-refractivity contribution in [2.45, 2.75) is 37.9 Å². The maximum absolute atomic E-state index is 9.48. The number of aliphatic hydroxyl groups excluding tert-OH is 1. The fourth-order valence-corrected chi connectivity index (χ4v) is 1.35. The van der Waals surface area contributed by atoms with Gasteiger partial charge in [-0.3, -0.25) is 0 Å². The lowest BCUT2D eigenvalue weighted by Crippen LogP contribution is -2.28. The van der Waals surface area contributed by atoms with Crippen LogP contribution in [0.5, 0.6) is 0 Å². The molecule has 2 atom stereocenters. The Labute approximate surface area is 67.9 Å². The molecule has 1 aliphatic rings. The van der Waals surface area contributed by atoms with Crippen LogP contribution < -0.4 is 0 Å². The quantitative estimate of drug-likeness (QED) is 0.583. The topological polar surface area (TPSA) is 29.5 Å². The third-order valence-corrected chi connectivity index (χ3v) is 2.07. The summed E-state index contributed by atoms with van der Waals surface area (Å²) >= 11 is 0. The molecule has 2 heteroatoms. The zero-order valence-electron chi connectivity index (χ0n) is 6.83. The Morgan fingerprint density at radius 1 is 1.36 bits per heavy atom. The Kier molecular flexibility index (Phi) is 3.60. The monoisotopic (exact) mass is 156 g/mol. The number of hydrogen-bond donors (Lipinski definition) is 1. The SMILES string of the molecule is C=C[C@H]1OCCCCC[C@@H]1O. The van der Waals surface area contributed by atoms with E-state index in [1.54, 1.807) is 6.08 Å². The van der Waals surface area contributed by atoms with Crippen molar-refractivity contribution in [2.24, 2.45) is 0 Å². The average Bonchev–Trinajstić information content (AvgIpc) is 1.98. The molecule has 1 rings (SSSR count). The van der Waals surface area contributed by atoms with Crippen LogP contribution in [0.3, 0.4) is 0 Å². The van der Waals surface area contributed by atoms with Gasteiger partial charge in [0.2, 0.25) is 0 Å². The Bertz CT molecular complexity index is 123. The minimum atomic E-state index is -0.340. The summed E-state index contributed by atoms with van der Waals surface area (Å²) in [6, 6.07) is 0. The number of rotatable bonds is 1. The highest BCUT2D eigenvalue weighted by Crippen LogP contribution is 2.14. The molecule has 1 aliphatic heterocycles. The molecule has 1 fully saturated rings. The molecule has 0 saturated carbocycles. The van der Waals surface area contributed by atoms with Crippen LogP contribution >= 0.6 is 0 Å². The van der Waals surface area contributed by atoms with Crippen molar-refractivity contribution >= 4 is 0 Å². The van der Waals surface area contributed by atoms with E-state index in [4.69, 9.17) is 4.74 Å². The van der Waals surface area contributed by atoms with E-state index in [2.05, 4.69) is 6.58 Å². The average molecular weight is 156 g/mol. The van der Waals surface area contributed by atoms with Crippen LogP contribution in [0.1, 0.15) is 25.7 Å². The zero-order chi connectivity index (χ0) is 8.10. The lowest BCUT2D eigenvalue weighted by Gasteiger charge is -2.22. The van der Waals surface area contributed by atoms with Gasteiger partial charge in [-0.2, -0.15) is 0 Å². The van der Waals surface area contributed by atoms with Gasteiger partial charge in [-0.1, -0.05) is 18.9 Å². The molecule has 0 unspecified atom stereocenters. The molecular formula is C9H16O2. The molecule has 0 spiro atoms. The van der Waals surface area contributed by atoms with Crippen molar-refractivity contribution in [3.05, 3.63) is 12.7 Å². The Morgan fingerprint density at radius 2 is 2.18 bits per heavy atom. The van der Waals surface area contributed by atoms with Crippen molar-refractivity contribution in [3.63, 3.8) is 0 Å². The molecule has 1 N–H and O–H groups in total. The Hall–Kier alpha value is -0.340. The summed E-state index contributed by atoms with van der Waals surface area (Å²) in [6.45, 7) is 4.38. The largest absolute Gasteiger partial charge is 0.390 e. The van der Waals surface area contributed by atoms with E-state index < -0.39 is 0 Å². The predicted molar refractivity (Wildman–Crippen MR) is 44.4 cm³/mol. The molecule has 0 aliphatic carbocycles. The first-order valence-electron chi connectivity index (χ1n) is 4.27. The molecule has 0 amide bonds. The number of hydrogen-bond acceptors (Lipinski definition) is 2. The molecule has 0 aromatic heterocycles. The van der Waals surface area contributed by atoms with Crippen LogP contribution in [0.2, 0.25) is 0 Å². The molecular weight excluding hydrogens is 140 g/mol. The van der Waals surface area contributed by atoms with E-state index in [1.807, 2.05) is 0 Å². The molecule has 64 valence electrons. The van der Waals surface area contributed by atoms with E-state index in [0.29, 0.717) is 0 Å². The molecule has 11 heavy (non-hydrogen) atoms. The summed E-state index contributed by atoms with van der Waals surface area (Å²) < 4.78 is 5.38. The summed E-state index contributed by atoms with van der Waals surface area (Å²) in [6.07, 6.45) is 5.43. The van der Waals surface area contributed by atoms with E-state index in [0.717, 1.165) is 25.9 Å². The molecule has 0 bridgehead atoms. The standard InChI is InChI=1S/C9H16O2/c1-2-9-8(10)6-4-3-5-7-11-9/h2,8-10H,1,3-7H2/t8-,9+/m0/s1. The van der Waals surface area contributed by atoms with Gasteiger partial charge < -0.3 is 9.84 Å². The van der Waals surface area contributed by atoms with E-state index >= 15 is 0 Å². The second-order valence-corrected chi connectivity index (χ2v) is 2.99. The predicted octanol–water partition coefficient (Wildman–Crippen LogP) is 1.49. The fraction of sp³-hybridized carbons (Fsp3) is 0.778. The van der Waals surface area contributed by atoms with Crippen molar-refractivity contribution in [2.75, 3.05) is 6.61 Å². The van der Waals surface area contributed by atoms with Gasteiger partial charge in [-0.25, -0.2) is 0 Å². The van der Waals surface area contributed by atoms with Gasteiger partial charge in [-0.15, -0.1) is 6.58 Å². The van der Waals surface area contributed by atoms with Crippen molar-refractivity contribution in [1.82, 2.24) is 0 Å². The molecule has 0 radical (unpaired) electrons. The first-order valence-corrected chi connectivity index (χ1v) is 4.27. The van der Waals surface area contributed by atoms with Gasteiger partial charge in [0.1, 0.15) is 6.10 Å². The maximum atomic E-state index is 9.48. The lowest BCUT2D eigenvalue weighted by molar-refractivity contribution is -0.0239. The highest BCUT2D eigenvalue weighted by Gasteiger charge is 2.17. The number of ether oxygens (including phenoxy) is 1. The van der Waals surface area contributed by atoms with Crippen molar-refractivity contribution in [3.8, 4) is 0 Å². The van der Waals surface area contributed by atoms with Crippen LogP contribution in [0.25, 0.3) is 0 Å². The maximum Gasteiger partial charge on any atom is 0.101 e. The van der Waals surface area contributed by atoms with Gasteiger partial charge in [0.25, 0.3) is 0 Å². The first kappa shape index (κ1) is 8.75. The van der Waals surface area contributed by atoms with Gasteiger partial charge >= 0.3 is 0 Å². The smallest absolute Gasteiger partial charge is 0.101 e. The van der Waals surface area contributed by atoms with E-state index in [-0.39, 0.29) is 12.2 Å². The van der Waals surface area contributed by atoms with Gasteiger partial charge in [0.05, 0.1) is 6.10 Å². The fourth-order valence-electron chi connectivity index (χ4n) is 1.35. The van der Waals surface area contributed by atoms with Crippen LogP contribution in [-0.2, 0) is 4.74 Å². The first-order chi connectivity index (χ1) is 5.34. The lowest BCUT2D eigenvalue weighted by atomic mass is 10.0. The Morgan fingerprint density at radius 3 is 2.91 bits per heavy atom. The second-order valence-electron chi connectivity index (χ2n) is 2.99. The zero-order valence-corrected chi connectivity index (χ0v) is 6.83. The highest BCUT2D eigenvalue weighted by molar-refractivity contribution is 4.86. The van der Waals surface area contributed by atoms with Crippen molar-refractivity contribution < 1.29 is 9.84 Å². The van der Waals surface area contributed by atoms with Crippen LogP contribution in [0, 0.1) is 0 Å². The van der Waals surface area contributed by atoms with Gasteiger partial charge in [-0.05, 0) is 12.8 Å². The van der Waals surface area contributed by atoms with E-state index in [1.165, 1.54) is 6.42 Å². The van der Waals surface area contributed by atoms with Crippen LogP contribution in [0.4, 0.5) is 0 Å². The third-order valence-electron chi connectivity index (χ3n) is 2.07. The van der Waals surface area contributed by atoms with E-state index in [9.17, 15) is 5.11 Å².